The molecule has 0 aliphatic rings. The number of carbonyl (C=O) groups is 1. The number of hydrogen-bond donors (Lipinski definition) is 1. The molecule has 1 heterocycles. The third-order valence-electron chi connectivity index (χ3n) is 2.02. The van der Waals surface area contributed by atoms with E-state index in [1.165, 1.54) is 15.7 Å². The van der Waals surface area contributed by atoms with Gasteiger partial charge in [0.25, 0.3) is 5.56 Å². The summed E-state index contributed by atoms with van der Waals surface area (Å²) in [7, 11) is 3.27. The molecule has 1 aromatic rings. The average molecular weight is 211 g/mol. The van der Waals surface area contributed by atoms with Gasteiger partial charge in [-0.2, -0.15) is 0 Å². The molecule has 0 aliphatic carbocycles. The minimum atomic E-state index is -0.894. The van der Waals surface area contributed by atoms with Crippen LogP contribution in [0.4, 0.5) is 5.82 Å². The highest BCUT2D eigenvalue weighted by atomic mass is 16.4. The van der Waals surface area contributed by atoms with Gasteiger partial charge in [0.05, 0.1) is 6.42 Å². The molecule has 0 bridgehead atoms. The molecule has 6 heteroatoms. The van der Waals surface area contributed by atoms with Crippen molar-refractivity contribution < 1.29 is 9.90 Å². The van der Waals surface area contributed by atoms with E-state index in [4.69, 9.17) is 5.11 Å². The van der Waals surface area contributed by atoms with Crippen molar-refractivity contribution in [2.24, 2.45) is 7.05 Å². The molecule has 82 valence electrons. The number of nitrogens with zero attached hydrogens (tertiary/aromatic N) is 3. The molecule has 1 N–H and O–H groups in total. The monoisotopic (exact) mass is 211 g/mol. The van der Waals surface area contributed by atoms with Crippen LogP contribution in [0.3, 0.4) is 0 Å². The maximum atomic E-state index is 11.6. The van der Waals surface area contributed by atoms with Gasteiger partial charge in [0.1, 0.15) is 0 Å². The van der Waals surface area contributed by atoms with Crippen LogP contribution in [0.1, 0.15) is 6.42 Å². The standard InChI is InChI=1S/C9H13N3O3/c1-11(5-3-7(13)14)8-9(15)12(2)6-4-10-8/h4,6H,3,5H2,1-2H3,(H,13,14). The zero-order chi connectivity index (χ0) is 11.4. The number of hydrogen-bond acceptors (Lipinski definition) is 4. The quantitative estimate of drug-likeness (QED) is 0.739. The van der Waals surface area contributed by atoms with E-state index in [-0.39, 0.29) is 24.3 Å². The summed E-state index contributed by atoms with van der Waals surface area (Å²) < 4.78 is 1.40. The lowest BCUT2D eigenvalue weighted by Gasteiger charge is -2.16. The van der Waals surface area contributed by atoms with Crippen LogP contribution < -0.4 is 10.5 Å². The number of anilines is 1. The van der Waals surface area contributed by atoms with E-state index in [0.29, 0.717) is 0 Å². The van der Waals surface area contributed by atoms with Gasteiger partial charge in [-0.3, -0.25) is 9.59 Å². The van der Waals surface area contributed by atoms with Crippen LogP contribution in [0.2, 0.25) is 0 Å². The highest BCUT2D eigenvalue weighted by molar-refractivity contribution is 5.67. The number of carboxylic acids is 1. The Balaban J connectivity index is 2.82. The van der Waals surface area contributed by atoms with Crippen LogP contribution in [0.25, 0.3) is 0 Å². The number of aromatic nitrogens is 2. The molecule has 0 fully saturated rings. The first-order valence-electron chi connectivity index (χ1n) is 4.47. The van der Waals surface area contributed by atoms with Crippen LogP contribution in [0.15, 0.2) is 17.2 Å². The molecule has 6 nitrogen and oxygen atoms in total. The summed E-state index contributed by atoms with van der Waals surface area (Å²) in [6, 6.07) is 0. The predicted octanol–water partition coefficient (Wildman–Crippen LogP) is -0.309. The van der Waals surface area contributed by atoms with Gasteiger partial charge in [-0.1, -0.05) is 0 Å². The lowest BCUT2D eigenvalue weighted by Crippen LogP contribution is -2.30. The van der Waals surface area contributed by atoms with E-state index in [0.717, 1.165) is 0 Å². The van der Waals surface area contributed by atoms with Gasteiger partial charge in [-0.05, 0) is 0 Å². The Morgan fingerprint density at radius 1 is 1.67 bits per heavy atom. The van der Waals surface area contributed by atoms with E-state index in [2.05, 4.69) is 4.98 Å². The summed E-state index contributed by atoms with van der Waals surface area (Å²) in [5, 5.41) is 8.50. The molecular weight excluding hydrogens is 198 g/mol. The molecule has 0 spiro atoms. The van der Waals surface area contributed by atoms with Crippen molar-refractivity contribution in [1.82, 2.24) is 9.55 Å². The van der Waals surface area contributed by atoms with Gasteiger partial charge in [-0.25, -0.2) is 4.98 Å². The second kappa shape index (κ2) is 4.59. The van der Waals surface area contributed by atoms with Crippen molar-refractivity contribution in [3.05, 3.63) is 22.7 Å². The Morgan fingerprint density at radius 2 is 2.33 bits per heavy atom. The number of carboxylic acid groups (broad SMARTS) is 1. The second-order valence-corrected chi connectivity index (χ2v) is 3.23. The normalized spacial score (nSPS) is 10.0. The maximum absolute atomic E-state index is 11.6. The molecule has 1 aromatic heterocycles. The van der Waals surface area contributed by atoms with Crippen molar-refractivity contribution in [2.45, 2.75) is 6.42 Å². The zero-order valence-corrected chi connectivity index (χ0v) is 8.67. The fourth-order valence-electron chi connectivity index (χ4n) is 1.12. The molecule has 15 heavy (non-hydrogen) atoms. The number of rotatable bonds is 4. The first-order valence-corrected chi connectivity index (χ1v) is 4.47. The fourth-order valence-corrected chi connectivity index (χ4v) is 1.12. The van der Waals surface area contributed by atoms with E-state index in [1.54, 1.807) is 20.3 Å². The summed E-state index contributed by atoms with van der Waals surface area (Å²) in [6.07, 6.45) is 3.04. The molecule has 0 radical (unpaired) electrons. The minimum Gasteiger partial charge on any atom is -0.481 e. The SMILES string of the molecule is CN(CCC(=O)O)c1nccn(C)c1=O. The summed E-state index contributed by atoms with van der Waals surface area (Å²) in [6.45, 7) is 0.265. The molecule has 1 rings (SSSR count). The number of aliphatic carboxylic acids is 1. The van der Waals surface area contributed by atoms with Gasteiger partial charge in [0.15, 0.2) is 5.82 Å². The van der Waals surface area contributed by atoms with Crippen LogP contribution in [0, 0.1) is 0 Å². The van der Waals surface area contributed by atoms with E-state index in [9.17, 15) is 9.59 Å². The third-order valence-corrected chi connectivity index (χ3v) is 2.02. The molecule has 0 atom stereocenters. The van der Waals surface area contributed by atoms with Crippen LogP contribution >= 0.6 is 0 Å². The van der Waals surface area contributed by atoms with Crippen molar-refractivity contribution in [3.63, 3.8) is 0 Å². The first-order chi connectivity index (χ1) is 7.02. The lowest BCUT2D eigenvalue weighted by atomic mass is 10.4. The Bertz CT molecular complexity index is 413. The maximum Gasteiger partial charge on any atom is 0.305 e. The lowest BCUT2D eigenvalue weighted by molar-refractivity contribution is -0.136. The van der Waals surface area contributed by atoms with E-state index < -0.39 is 5.97 Å². The van der Waals surface area contributed by atoms with Crippen LogP contribution in [-0.2, 0) is 11.8 Å². The smallest absolute Gasteiger partial charge is 0.305 e. The second-order valence-electron chi connectivity index (χ2n) is 3.23. The summed E-state index contributed by atoms with van der Waals surface area (Å²) in [5.74, 6) is -0.629. The summed E-state index contributed by atoms with van der Waals surface area (Å²) >= 11 is 0. The van der Waals surface area contributed by atoms with E-state index in [1.807, 2.05) is 0 Å². The van der Waals surface area contributed by atoms with Crippen molar-refractivity contribution in [1.29, 1.82) is 0 Å². The molecular formula is C9H13N3O3. The molecule has 0 amide bonds. The average Bonchev–Trinajstić information content (AvgIpc) is 2.18. The van der Waals surface area contributed by atoms with Gasteiger partial charge >= 0.3 is 5.97 Å². The third kappa shape index (κ3) is 2.80. The van der Waals surface area contributed by atoms with Crippen LogP contribution in [0.5, 0.6) is 0 Å². The van der Waals surface area contributed by atoms with Gasteiger partial charge in [0.2, 0.25) is 0 Å². The van der Waals surface area contributed by atoms with Gasteiger partial charge in [-0.15, -0.1) is 0 Å². The summed E-state index contributed by atoms with van der Waals surface area (Å²) in [5.41, 5.74) is -0.231. The highest BCUT2D eigenvalue weighted by Crippen LogP contribution is 2.00. The molecule has 0 saturated carbocycles. The van der Waals surface area contributed by atoms with Gasteiger partial charge in [0, 0.05) is 33.0 Å². The Kier molecular flexibility index (Phi) is 3.43. The first kappa shape index (κ1) is 11.2. The predicted molar refractivity (Wildman–Crippen MR) is 55.0 cm³/mol. The molecule has 0 aromatic carbocycles. The summed E-state index contributed by atoms with van der Waals surface area (Å²) in [4.78, 5) is 27.4. The molecule has 0 saturated heterocycles. The van der Waals surface area contributed by atoms with Crippen molar-refractivity contribution in [3.8, 4) is 0 Å². The molecule has 0 unspecified atom stereocenters. The zero-order valence-electron chi connectivity index (χ0n) is 8.67. The molecule has 0 aliphatic heterocycles. The number of aryl methyl sites for hydroxylation is 1. The highest BCUT2D eigenvalue weighted by Gasteiger charge is 2.09. The Labute approximate surface area is 86.8 Å². The Hall–Kier alpha value is -1.85. The van der Waals surface area contributed by atoms with Crippen molar-refractivity contribution >= 4 is 11.8 Å². The topological polar surface area (TPSA) is 75.4 Å². The Morgan fingerprint density at radius 3 is 2.93 bits per heavy atom. The fraction of sp³-hybridized carbons (Fsp3) is 0.444. The van der Waals surface area contributed by atoms with Crippen molar-refractivity contribution in [2.75, 3.05) is 18.5 Å². The van der Waals surface area contributed by atoms with Gasteiger partial charge < -0.3 is 14.6 Å². The minimum absolute atomic E-state index is 0.0176. The van der Waals surface area contributed by atoms with E-state index >= 15 is 0 Å². The van der Waals surface area contributed by atoms with Crippen LogP contribution in [-0.4, -0.2) is 34.2 Å². The largest absolute Gasteiger partial charge is 0.481 e.